The van der Waals surface area contributed by atoms with E-state index in [2.05, 4.69) is 4.74 Å². The van der Waals surface area contributed by atoms with Crippen molar-refractivity contribution in [2.24, 2.45) is 0 Å². The largest absolute Gasteiger partial charge is 0.466 e. The van der Waals surface area contributed by atoms with Gasteiger partial charge in [0, 0.05) is 13.0 Å². The van der Waals surface area contributed by atoms with Gasteiger partial charge in [0.15, 0.2) is 0 Å². The summed E-state index contributed by atoms with van der Waals surface area (Å²) in [5.74, 6) is -0.985. The summed E-state index contributed by atoms with van der Waals surface area (Å²) in [4.78, 5) is 36.4. The molecule has 0 unspecified atom stereocenters. The van der Waals surface area contributed by atoms with Crippen LogP contribution in [0.4, 0.5) is 4.39 Å². The average molecular weight is 381 g/mol. The van der Waals surface area contributed by atoms with Gasteiger partial charge in [-0.05, 0) is 30.5 Å². The third-order valence-electron chi connectivity index (χ3n) is 3.67. The van der Waals surface area contributed by atoms with Gasteiger partial charge in [-0.25, -0.2) is 9.18 Å². The number of rotatable bonds is 8. The number of carbonyl (C=O) groups is 3. The zero-order valence-corrected chi connectivity index (χ0v) is 15.2. The van der Waals surface area contributed by atoms with Crippen molar-refractivity contribution in [1.29, 1.82) is 0 Å². The van der Waals surface area contributed by atoms with E-state index in [0.29, 0.717) is 24.4 Å². The number of esters is 2. The summed E-state index contributed by atoms with van der Waals surface area (Å²) in [5.41, 5.74) is 0.862. The average Bonchev–Trinajstić information content (AvgIpc) is 2.97. The van der Waals surface area contributed by atoms with Gasteiger partial charge in [-0.15, -0.1) is 0 Å². The number of hydrogen-bond acceptors (Lipinski definition) is 6. The molecule has 1 saturated heterocycles. The first-order chi connectivity index (χ1) is 12.5. The second-order valence-electron chi connectivity index (χ2n) is 5.54. The van der Waals surface area contributed by atoms with Crippen LogP contribution in [0.3, 0.4) is 0 Å². The zero-order chi connectivity index (χ0) is 18.9. The van der Waals surface area contributed by atoms with Crippen LogP contribution in [0.5, 0.6) is 0 Å². The van der Waals surface area contributed by atoms with E-state index < -0.39 is 5.97 Å². The highest BCUT2D eigenvalue weighted by Gasteiger charge is 2.26. The van der Waals surface area contributed by atoms with Crippen LogP contribution in [0, 0.1) is 5.82 Å². The fourth-order valence-electron chi connectivity index (χ4n) is 2.31. The third-order valence-corrected chi connectivity index (χ3v) is 4.70. The number of carbonyl (C=O) groups excluding carboxylic acids is 3. The maximum Gasteiger partial charge on any atom is 0.333 e. The van der Waals surface area contributed by atoms with Crippen molar-refractivity contribution in [3.63, 3.8) is 0 Å². The van der Waals surface area contributed by atoms with Crippen molar-refractivity contribution in [3.8, 4) is 0 Å². The first-order valence-corrected chi connectivity index (χ1v) is 9.11. The third kappa shape index (κ3) is 6.18. The van der Waals surface area contributed by atoms with Crippen LogP contribution >= 0.6 is 11.8 Å². The molecule has 1 heterocycles. The highest BCUT2D eigenvalue weighted by atomic mass is 32.2. The SMILES string of the molecule is COC(=O)/C=C1/SCC(=O)N1CCCOC(=O)CCc1ccc(F)cc1. The lowest BCUT2D eigenvalue weighted by Gasteiger charge is -2.16. The molecule has 26 heavy (non-hydrogen) atoms. The monoisotopic (exact) mass is 381 g/mol. The molecule has 0 radical (unpaired) electrons. The van der Waals surface area contributed by atoms with E-state index in [1.54, 1.807) is 12.1 Å². The Morgan fingerprint density at radius 1 is 1.31 bits per heavy atom. The van der Waals surface area contributed by atoms with Gasteiger partial charge in [0.2, 0.25) is 5.91 Å². The van der Waals surface area contributed by atoms with Gasteiger partial charge in [0.05, 0.1) is 30.6 Å². The first-order valence-electron chi connectivity index (χ1n) is 8.12. The molecule has 0 spiro atoms. The van der Waals surface area contributed by atoms with Crippen LogP contribution in [0.1, 0.15) is 18.4 Å². The van der Waals surface area contributed by atoms with Crippen molar-refractivity contribution in [3.05, 3.63) is 46.8 Å². The fourth-order valence-corrected chi connectivity index (χ4v) is 3.26. The normalized spacial score (nSPS) is 15.4. The maximum absolute atomic E-state index is 12.8. The Bertz CT molecular complexity index is 689. The molecular formula is C18H20FNO5S. The Morgan fingerprint density at radius 2 is 2.04 bits per heavy atom. The van der Waals surface area contributed by atoms with Crippen LogP contribution in [0.15, 0.2) is 35.4 Å². The van der Waals surface area contributed by atoms with Crippen LogP contribution in [-0.4, -0.2) is 48.8 Å². The van der Waals surface area contributed by atoms with Crippen molar-refractivity contribution in [2.75, 3.05) is 26.0 Å². The number of thioether (sulfide) groups is 1. The summed E-state index contributed by atoms with van der Waals surface area (Å²) in [7, 11) is 1.27. The van der Waals surface area contributed by atoms with Crippen molar-refractivity contribution >= 4 is 29.6 Å². The Hall–Kier alpha value is -2.35. The van der Waals surface area contributed by atoms with E-state index in [0.717, 1.165) is 5.56 Å². The number of halogens is 1. The van der Waals surface area contributed by atoms with Crippen molar-refractivity contribution in [1.82, 2.24) is 4.90 Å². The molecule has 1 aliphatic rings. The molecule has 6 nitrogen and oxygen atoms in total. The highest BCUT2D eigenvalue weighted by Crippen LogP contribution is 2.28. The Labute approximate surface area is 155 Å². The lowest BCUT2D eigenvalue weighted by molar-refractivity contribution is -0.143. The minimum absolute atomic E-state index is 0.0900. The van der Waals surface area contributed by atoms with E-state index >= 15 is 0 Å². The lowest BCUT2D eigenvalue weighted by Crippen LogP contribution is -2.27. The van der Waals surface area contributed by atoms with Crippen LogP contribution < -0.4 is 0 Å². The van der Waals surface area contributed by atoms with Crippen molar-refractivity contribution in [2.45, 2.75) is 19.3 Å². The van der Waals surface area contributed by atoms with Gasteiger partial charge >= 0.3 is 11.9 Å². The van der Waals surface area contributed by atoms with Crippen LogP contribution in [-0.2, 0) is 30.3 Å². The molecule has 1 aromatic carbocycles. The quantitative estimate of drug-likeness (QED) is 0.391. The molecule has 0 N–H and O–H groups in total. The van der Waals surface area contributed by atoms with E-state index in [-0.39, 0.29) is 36.5 Å². The first kappa shape index (κ1) is 20.0. The topological polar surface area (TPSA) is 72.9 Å². The summed E-state index contributed by atoms with van der Waals surface area (Å²) in [6.45, 7) is 0.544. The second-order valence-corrected chi connectivity index (χ2v) is 6.54. The Kier molecular flexibility index (Phi) is 7.65. The van der Waals surface area contributed by atoms with E-state index in [4.69, 9.17) is 4.74 Å². The second kappa shape index (κ2) is 9.96. The molecule has 2 rings (SSSR count). The van der Waals surface area contributed by atoms with Gasteiger partial charge < -0.3 is 14.4 Å². The molecule has 0 bridgehead atoms. The number of amides is 1. The number of benzene rings is 1. The predicted octanol–water partition coefficient (Wildman–Crippen LogP) is 2.28. The molecule has 1 aromatic rings. The minimum atomic E-state index is -0.514. The Balaban J connectivity index is 1.69. The molecule has 140 valence electrons. The molecule has 1 aliphatic heterocycles. The van der Waals surface area contributed by atoms with Gasteiger partial charge in [-0.1, -0.05) is 23.9 Å². The zero-order valence-electron chi connectivity index (χ0n) is 14.4. The summed E-state index contributed by atoms with van der Waals surface area (Å²) < 4.78 is 22.5. The lowest BCUT2D eigenvalue weighted by atomic mass is 10.1. The highest BCUT2D eigenvalue weighted by molar-refractivity contribution is 8.04. The summed E-state index contributed by atoms with van der Waals surface area (Å²) in [5, 5.41) is 0.546. The summed E-state index contributed by atoms with van der Waals surface area (Å²) >= 11 is 1.28. The Morgan fingerprint density at radius 3 is 2.73 bits per heavy atom. The molecule has 8 heteroatoms. The summed E-state index contributed by atoms with van der Waals surface area (Å²) in [6.07, 6.45) is 2.43. The molecule has 0 aromatic heterocycles. The standard InChI is InChI=1S/C18H20FNO5S/c1-24-18(23)11-16-20(15(21)12-26-16)9-2-10-25-17(22)8-5-13-3-6-14(19)7-4-13/h3-4,6-7,11H,2,5,8-10,12H2,1H3/b16-11+. The summed E-state index contributed by atoms with van der Waals surface area (Å²) in [6, 6.07) is 5.97. The fraction of sp³-hybridized carbons (Fsp3) is 0.389. The smallest absolute Gasteiger partial charge is 0.333 e. The maximum atomic E-state index is 12.8. The minimum Gasteiger partial charge on any atom is -0.466 e. The number of hydrogen-bond donors (Lipinski definition) is 0. The van der Waals surface area contributed by atoms with Crippen LogP contribution in [0.2, 0.25) is 0 Å². The van der Waals surface area contributed by atoms with Gasteiger partial charge in [-0.2, -0.15) is 0 Å². The number of nitrogens with zero attached hydrogens (tertiary/aromatic N) is 1. The molecule has 0 atom stereocenters. The van der Waals surface area contributed by atoms with Crippen LogP contribution in [0.25, 0.3) is 0 Å². The number of aryl methyl sites for hydroxylation is 1. The molecular weight excluding hydrogens is 361 g/mol. The van der Waals surface area contributed by atoms with E-state index in [9.17, 15) is 18.8 Å². The van der Waals surface area contributed by atoms with Gasteiger partial charge in [-0.3, -0.25) is 9.59 Å². The van der Waals surface area contributed by atoms with Crippen molar-refractivity contribution < 1.29 is 28.2 Å². The number of ether oxygens (including phenoxy) is 2. The molecule has 0 saturated carbocycles. The van der Waals surface area contributed by atoms with Gasteiger partial charge in [0.25, 0.3) is 0 Å². The molecule has 0 aliphatic carbocycles. The van der Waals surface area contributed by atoms with E-state index in [1.807, 2.05) is 0 Å². The molecule has 1 fully saturated rings. The number of methoxy groups -OCH3 is 1. The predicted molar refractivity (Wildman–Crippen MR) is 94.6 cm³/mol. The molecule has 1 amide bonds. The van der Waals surface area contributed by atoms with E-state index in [1.165, 1.54) is 42.0 Å². The van der Waals surface area contributed by atoms with Gasteiger partial charge in [0.1, 0.15) is 5.82 Å².